The average Bonchev–Trinajstić information content (AvgIpc) is 2.41. The predicted octanol–water partition coefficient (Wildman–Crippen LogP) is 0.167. The van der Waals surface area contributed by atoms with E-state index in [2.05, 4.69) is 15.2 Å². The number of carbonyl (C=O) groups excluding carboxylic acids is 1. The van der Waals surface area contributed by atoms with Gasteiger partial charge in [-0.2, -0.15) is 4.39 Å². The van der Waals surface area contributed by atoms with Crippen LogP contribution in [0.5, 0.6) is 0 Å². The normalized spacial score (nSPS) is 20.7. The summed E-state index contributed by atoms with van der Waals surface area (Å²) in [6.45, 7) is 2.46. The molecular weight excluding hydrogens is 237 g/mol. The van der Waals surface area contributed by atoms with Crippen LogP contribution in [-0.4, -0.2) is 48.6 Å². The predicted molar refractivity (Wildman–Crippen MR) is 63.3 cm³/mol. The first kappa shape index (κ1) is 12.9. The molecule has 5 nitrogen and oxygen atoms in total. The van der Waals surface area contributed by atoms with Gasteiger partial charge in [-0.15, -0.1) is 0 Å². The van der Waals surface area contributed by atoms with E-state index in [9.17, 15) is 9.18 Å². The minimum absolute atomic E-state index is 0.114. The van der Waals surface area contributed by atoms with Crippen LogP contribution in [0.4, 0.5) is 4.39 Å². The SMILES string of the molecule is CNC(=O)[C@@H]1CN(Cc2ccc(F)nc2)CCO1. The summed E-state index contributed by atoms with van der Waals surface area (Å²) >= 11 is 0. The maximum Gasteiger partial charge on any atom is 0.250 e. The molecule has 1 atom stereocenters. The summed E-state index contributed by atoms with van der Waals surface area (Å²) in [5.41, 5.74) is 0.925. The molecule has 1 aromatic heterocycles. The number of ether oxygens (including phenoxy) is 1. The highest BCUT2D eigenvalue weighted by molar-refractivity contribution is 5.80. The second kappa shape index (κ2) is 5.88. The summed E-state index contributed by atoms with van der Waals surface area (Å²) < 4.78 is 18.1. The van der Waals surface area contributed by atoms with Crippen LogP contribution >= 0.6 is 0 Å². The van der Waals surface area contributed by atoms with Gasteiger partial charge in [0, 0.05) is 32.9 Å². The molecule has 0 aromatic carbocycles. The van der Waals surface area contributed by atoms with Crippen molar-refractivity contribution in [1.29, 1.82) is 0 Å². The van der Waals surface area contributed by atoms with Crippen LogP contribution in [0.25, 0.3) is 0 Å². The fraction of sp³-hybridized carbons (Fsp3) is 0.500. The minimum atomic E-state index is -0.482. The van der Waals surface area contributed by atoms with Gasteiger partial charge in [-0.3, -0.25) is 9.69 Å². The van der Waals surface area contributed by atoms with E-state index in [4.69, 9.17) is 4.74 Å². The van der Waals surface area contributed by atoms with Gasteiger partial charge in [-0.25, -0.2) is 4.98 Å². The first-order valence-corrected chi connectivity index (χ1v) is 5.85. The zero-order valence-electron chi connectivity index (χ0n) is 10.2. The van der Waals surface area contributed by atoms with Crippen molar-refractivity contribution in [3.05, 3.63) is 29.8 Å². The molecule has 1 amide bonds. The van der Waals surface area contributed by atoms with Gasteiger partial charge in [0.25, 0.3) is 0 Å². The number of aromatic nitrogens is 1. The van der Waals surface area contributed by atoms with Gasteiger partial charge in [0.05, 0.1) is 6.61 Å². The van der Waals surface area contributed by atoms with E-state index in [-0.39, 0.29) is 5.91 Å². The molecule has 2 heterocycles. The Labute approximate surface area is 105 Å². The van der Waals surface area contributed by atoms with E-state index < -0.39 is 12.1 Å². The lowest BCUT2D eigenvalue weighted by molar-refractivity contribution is -0.138. The summed E-state index contributed by atoms with van der Waals surface area (Å²) in [7, 11) is 1.59. The minimum Gasteiger partial charge on any atom is -0.366 e. The number of carbonyl (C=O) groups is 1. The molecule has 0 unspecified atom stereocenters. The highest BCUT2D eigenvalue weighted by Gasteiger charge is 2.25. The Kier molecular flexibility index (Phi) is 4.22. The number of pyridine rings is 1. The number of hydrogen-bond acceptors (Lipinski definition) is 4. The number of morpholine rings is 1. The third kappa shape index (κ3) is 3.24. The summed E-state index contributed by atoms with van der Waals surface area (Å²) in [4.78, 5) is 17.2. The number of rotatable bonds is 3. The van der Waals surface area contributed by atoms with Crippen LogP contribution in [-0.2, 0) is 16.1 Å². The summed E-state index contributed by atoms with van der Waals surface area (Å²) in [5, 5.41) is 2.57. The van der Waals surface area contributed by atoms with E-state index in [0.717, 1.165) is 12.1 Å². The molecule has 18 heavy (non-hydrogen) atoms. The average molecular weight is 253 g/mol. The molecule has 0 saturated carbocycles. The molecule has 0 radical (unpaired) electrons. The molecule has 2 rings (SSSR count). The fourth-order valence-electron chi connectivity index (χ4n) is 1.92. The summed E-state index contributed by atoms with van der Waals surface area (Å²) in [6.07, 6.45) is 1.08. The molecule has 0 spiro atoms. The van der Waals surface area contributed by atoms with E-state index in [1.54, 1.807) is 13.1 Å². The Morgan fingerprint density at radius 2 is 2.50 bits per heavy atom. The van der Waals surface area contributed by atoms with Crippen molar-refractivity contribution in [2.45, 2.75) is 12.6 Å². The summed E-state index contributed by atoms with van der Waals surface area (Å²) in [5.74, 6) is -0.596. The third-order valence-electron chi connectivity index (χ3n) is 2.88. The van der Waals surface area contributed by atoms with Crippen LogP contribution in [0.15, 0.2) is 18.3 Å². The maximum atomic E-state index is 12.7. The smallest absolute Gasteiger partial charge is 0.250 e. The highest BCUT2D eigenvalue weighted by atomic mass is 19.1. The molecule has 98 valence electrons. The van der Waals surface area contributed by atoms with Crippen molar-refractivity contribution < 1.29 is 13.9 Å². The van der Waals surface area contributed by atoms with Crippen LogP contribution in [0.2, 0.25) is 0 Å². The lowest BCUT2D eigenvalue weighted by Crippen LogP contribution is -2.48. The van der Waals surface area contributed by atoms with Crippen molar-refractivity contribution in [3.63, 3.8) is 0 Å². The molecule has 1 fully saturated rings. The van der Waals surface area contributed by atoms with Crippen molar-refractivity contribution in [1.82, 2.24) is 15.2 Å². The standard InChI is InChI=1S/C12H16FN3O2/c1-14-12(17)10-8-16(4-5-18-10)7-9-2-3-11(13)15-6-9/h2-3,6,10H,4-5,7-8H2,1H3,(H,14,17)/t10-/m0/s1. The topological polar surface area (TPSA) is 54.5 Å². The lowest BCUT2D eigenvalue weighted by Gasteiger charge is -2.31. The van der Waals surface area contributed by atoms with Gasteiger partial charge in [0.15, 0.2) is 0 Å². The Morgan fingerprint density at radius 3 is 3.17 bits per heavy atom. The molecule has 1 aromatic rings. The molecule has 1 aliphatic heterocycles. The van der Waals surface area contributed by atoms with Gasteiger partial charge < -0.3 is 10.1 Å². The van der Waals surface area contributed by atoms with E-state index in [1.807, 2.05) is 0 Å². The number of halogens is 1. The highest BCUT2D eigenvalue weighted by Crippen LogP contribution is 2.10. The van der Waals surface area contributed by atoms with Crippen molar-refractivity contribution in [3.8, 4) is 0 Å². The van der Waals surface area contributed by atoms with Gasteiger partial charge in [0.2, 0.25) is 11.9 Å². The van der Waals surface area contributed by atoms with Gasteiger partial charge in [-0.1, -0.05) is 6.07 Å². The fourth-order valence-corrected chi connectivity index (χ4v) is 1.92. The summed E-state index contributed by atoms with van der Waals surface area (Å²) in [6, 6.07) is 3.04. The van der Waals surface area contributed by atoms with Gasteiger partial charge in [-0.05, 0) is 11.6 Å². The number of nitrogens with zero attached hydrogens (tertiary/aromatic N) is 2. The number of amides is 1. The van der Waals surface area contributed by atoms with Crippen molar-refractivity contribution in [2.24, 2.45) is 0 Å². The Hall–Kier alpha value is -1.53. The zero-order valence-corrected chi connectivity index (χ0v) is 10.2. The molecule has 0 bridgehead atoms. The number of nitrogens with one attached hydrogen (secondary N) is 1. The lowest BCUT2D eigenvalue weighted by atomic mass is 10.2. The third-order valence-corrected chi connectivity index (χ3v) is 2.88. The Bertz CT molecular complexity index is 410. The van der Waals surface area contributed by atoms with Crippen LogP contribution < -0.4 is 5.32 Å². The molecule has 0 aliphatic carbocycles. The van der Waals surface area contributed by atoms with E-state index in [0.29, 0.717) is 19.7 Å². The van der Waals surface area contributed by atoms with E-state index >= 15 is 0 Å². The largest absolute Gasteiger partial charge is 0.366 e. The zero-order chi connectivity index (χ0) is 13.0. The van der Waals surface area contributed by atoms with Crippen molar-refractivity contribution >= 4 is 5.91 Å². The van der Waals surface area contributed by atoms with Crippen LogP contribution in [0.1, 0.15) is 5.56 Å². The molecule has 6 heteroatoms. The van der Waals surface area contributed by atoms with E-state index in [1.165, 1.54) is 12.3 Å². The Morgan fingerprint density at radius 1 is 1.67 bits per heavy atom. The quantitative estimate of drug-likeness (QED) is 0.780. The van der Waals surface area contributed by atoms with Crippen LogP contribution in [0.3, 0.4) is 0 Å². The molecule has 1 aliphatic rings. The van der Waals surface area contributed by atoms with Crippen LogP contribution in [0, 0.1) is 5.95 Å². The maximum absolute atomic E-state index is 12.7. The van der Waals surface area contributed by atoms with Crippen molar-refractivity contribution in [2.75, 3.05) is 26.7 Å². The Balaban J connectivity index is 1.93. The molecule has 1 N–H and O–H groups in total. The second-order valence-electron chi connectivity index (χ2n) is 4.20. The number of likely N-dealkylation sites (N-methyl/N-ethyl adjacent to an activating group) is 1. The van der Waals surface area contributed by atoms with Gasteiger partial charge >= 0.3 is 0 Å². The molecule has 1 saturated heterocycles. The molecular formula is C12H16FN3O2. The van der Waals surface area contributed by atoms with Gasteiger partial charge in [0.1, 0.15) is 6.10 Å². The number of hydrogen-bond donors (Lipinski definition) is 1. The monoisotopic (exact) mass is 253 g/mol. The second-order valence-corrected chi connectivity index (χ2v) is 4.20. The first-order valence-electron chi connectivity index (χ1n) is 5.85. The first-order chi connectivity index (χ1) is 8.69.